The molecule has 0 bridgehead atoms. The maximum atomic E-state index is 11.6. The normalized spacial score (nSPS) is 12.1. The fraction of sp³-hybridized carbons (Fsp3) is 0.500. The minimum atomic E-state index is -0.243. The van der Waals surface area contributed by atoms with Gasteiger partial charge in [-0.3, -0.25) is 4.79 Å². The Morgan fingerprint density at radius 1 is 1.37 bits per heavy atom. The van der Waals surface area contributed by atoms with Crippen LogP contribution < -0.4 is 5.32 Å². The number of nitrogens with one attached hydrogen (secondary N) is 1. The lowest BCUT2D eigenvalue weighted by atomic mass is 9.96. The van der Waals surface area contributed by atoms with Crippen LogP contribution in [0.5, 0.6) is 11.5 Å². The molecule has 106 valence electrons. The molecule has 4 N–H and O–H groups in total. The van der Waals surface area contributed by atoms with Gasteiger partial charge in [0.05, 0.1) is 0 Å². The van der Waals surface area contributed by atoms with Crippen molar-refractivity contribution in [1.82, 2.24) is 5.32 Å². The average Bonchev–Trinajstić information content (AvgIpc) is 2.38. The van der Waals surface area contributed by atoms with Crippen LogP contribution in [0.3, 0.4) is 0 Å². The van der Waals surface area contributed by atoms with E-state index in [1.165, 1.54) is 12.1 Å². The molecule has 5 heteroatoms. The summed E-state index contributed by atoms with van der Waals surface area (Å²) in [7, 11) is 0. The third-order valence-corrected chi connectivity index (χ3v) is 2.88. The maximum absolute atomic E-state index is 11.6. The van der Waals surface area contributed by atoms with Gasteiger partial charge >= 0.3 is 0 Å². The smallest absolute Gasteiger partial charge is 0.220 e. The lowest BCUT2D eigenvalue weighted by Gasteiger charge is -2.15. The fourth-order valence-corrected chi connectivity index (χ4v) is 1.84. The van der Waals surface area contributed by atoms with Gasteiger partial charge in [-0.25, -0.2) is 0 Å². The van der Waals surface area contributed by atoms with Crippen LogP contribution in [-0.4, -0.2) is 34.4 Å². The molecule has 0 aliphatic carbocycles. The number of aliphatic hydroxyl groups excluding tert-OH is 1. The van der Waals surface area contributed by atoms with E-state index in [2.05, 4.69) is 5.32 Å². The van der Waals surface area contributed by atoms with Crippen molar-refractivity contribution in [3.63, 3.8) is 0 Å². The van der Waals surface area contributed by atoms with Gasteiger partial charge in [-0.15, -0.1) is 0 Å². The molecule has 1 amide bonds. The molecule has 5 nitrogen and oxygen atoms in total. The molecule has 1 aromatic carbocycles. The first kappa shape index (κ1) is 15.3. The van der Waals surface area contributed by atoms with E-state index < -0.39 is 0 Å². The minimum Gasteiger partial charge on any atom is -0.508 e. The Morgan fingerprint density at radius 2 is 2.11 bits per heavy atom. The van der Waals surface area contributed by atoms with Crippen LogP contribution in [0.4, 0.5) is 0 Å². The Bertz CT molecular complexity index is 420. The van der Waals surface area contributed by atoms with Crippen LogP contribution in [0.1, 0.15) is 25.3 Å². The summed E-state index contributed by atoms with van der Waals surface area (Å²) < 4.78 is 0. The molecule has 1 aromatic rings. The monoisotopic (exact) mass is 267 g/mol. The van der Waals surface area contributed by atoms with Gasteiger partial charge in [0.25, 0.3) is 0 Å². The zero-order valence-electron chi connectivity index (χ0n) is 11.1. The molecule has 0 saturated heterocycles. The van der Waals surface area contributed by atoms with Crippen LogP contribution >= 0.6 is 0 Å². The molecule has 1 unspecified atom stereocenters. The number of phenols is 2. The average molecular weight is 267 g/mol. The van der Waals surface area contributed by atoms with Crippen molar-refractivity contribution in [3.05, 3.63) is 23.8 Å². The molecule has 0 aliphatic rings. The first-order chi connectivity index (χ1) is 9.06. The third kappa shape index (κ3) is 5.18. The summed E-state index contributed by atoms with van der Waals surface area (Å²) in [5.74, 6) is -0.374. The molecule has 1 atom stereocenters. The number of hydrogen-bond donors (Lipinski definition) is 4. The van der Waals surface area contributed by atoms with Gasteiger partial charge in [0.1, 0.15) is 11.5 Å². The van der Waals surface area contributed by atoms with Crippen LogP contribution in [0.2, 0.25) is 0 Å². The predicted octanol–water partition coefficient (Wildman–Crippen LogP) is 1.17. The summed E-state index contributed by atoms with van der Waals surface area (Å²) in [5.41, 5.74) is 0.611. The summed E-state index contributed by atoms with van der Waals surface area (Å²) in [6, 6.07) is 4.32. The van der Waals surface area contributed by atoms with Crippen molar-refractivity contribution in [2.24, 2.45) is 5.92 Å². The van der Waals surface area contributed by atoms with Crippen molar-refractivity contribution in [1.29, 1.82) is 0 Å². The second-order valence-electron chi connectivity index (χ2n) is 4.62. The number of phenolic OH excluding ortho intramolecular Hbond substituents is 2. The Balaban J connectivity index is 2.58. The first-order valence-electron chi connectivity index (χ1n) is 6.45. The highest BCUT2D eigenvalue weighted by Gasteiger charge is 2.15. The highest BCUT2D eigenvalue weighted by molar-refractivity contribution is 5.76. The SMILES string of the molecule is CCCNC(=O)CC(CO)Cc1ccc(O)cc1O. The summed E-state index contributed by atoms with van der Waals surface area (Å²) >= 11 is 0. The van der Waals surface area contributed by atoms with Gasteiger partial charge in [-0.1, -0.05) is 13.0 Å². The van der Waals surface area contributed by atoms with Crippen LogP contribution in [0.25, 0.3) is 0 Å². The van der Waals surface area contributed by atoms with Gasteiger partial charge < -0.3 is 20.6 Å². The zero-order valence-corrected chi connectivity index (χ0v) is 11.1. The van der Waals surface area contributed by atoms with E-state index in [0.29, 0.717) is 18.5 Å². The molecule has 0 aromatic heterocycles. The number of aliphatic hydroxyl groups is 1. The van der Waals surface area contributed by atoms with Gasteiger partial charge in [0.15, 0.2) is 0 Å². The van der Waals surface area contributed by atoms with E-state index in [0.717, 1.165) is 6.42 Å². The van der Waals surface area contributed by atoms with Crippen LogP contribution in [0.15, 0.2) is 18.2 Å². The molecular weight excluding hydrogens is 246 g/mol. The number of hydrogen-bond acceptors (Lipinski definition) is 4. The van der Waals surface area contributed by atoms with Gasteiger partial charge in [-0.2, -0.15) is 0 Å². The quantitative estimate of drug-likeness (QED) is 0.597. The molecule has 0 fully saturated rings. The Kier molecular flexibility index (Phi) is 6.15. The number of benzene rings is 1. The lowest BCUT2D eigenvalue weighted by molar-refractivity contribution is -0.122. The highest BCUT2D eigenvalue weighted by Crippen LogP contribution is 2.25. The summed E-state index contributed by atoms with van der Waals surface area (Å²) in [6.07, 6.45) is 1.48. The lowest BCUT2D eigenvalue weighted by Crippen LogP contribution is -2.27. The van der Waals surface area contributed by atoms with E-state index in [1.807, 2.05) is 6.92 Å². The predicted molar refractivity (Wildman–Crippen MR) is 72.0 cm³/mol. The molecule has 0 radical (unpaired) electrons. The van der Waals surface area contributed by atoms with E-state index >= 15 is 0 Å². The third-order valence-electron chi connectivity index (χ3n) is 2.88. The van der Waals surface area contributed by atoms with Crippen molar-refractivity contribution in [2.75, 3.05) is 13.2 Å². The van der Waals surface area contributed by atoms with Gasteiger partial charge in [-0.05, 0) is 30.4 Å². The number of aromatic hydroxyl groups is 2. The zero-order chi connectivity index (χ0) is 14.3. The molecule has 19 heavy (non-hydrogen) atoms. The summed E-state index contributed by atoms with van der Waals surface area (Å²) in [5, 5.41) is 30.9. The van der Waals surface area contributed by atoms with E-state index in [1.54, 1.807) is 6.07 Å². The minimum absolute atomic E-state index is 0.0116. The molecule has 0 saturated carbocycles. The standard InChI is InChI=1S/C14H21NO4/c1-2-5-15-14(19)7-10(9-16)6-11-3-4-12(17)8-13(11)18/h3-4,8,10,16-18H,2,5-7,9H2,1H3,(H,15,19). The van der Waals surface area contributed by atoms with Crippen molar-refractivity contribution < 1.29 is 20.1 Å². The molecule has 1 rings (SSSR count). The number of rotatable bonds is 7. The van der Waals surface area contributed by atoms with E-state index in [4.69, 9.17) is 0 Å². The molecular formula is C14H21NO4. The van der Waals surface area contributed by atoms with Crippen molar-refractivity contribution >= 4 is 5.91 Å². The largest absolute Gasteiger partial charge is 0.508 e. The summed E-state index contributed by atoms with van der Waals surface area (Å²) in [6.45, 7) is 2.47. The fourth-order valence-electron chi connectivity index (χ4n) is 1.84. The Morgan fingerprint density at radius 3 is 2.68 bits per heavy atom. The Labute approximate surface area is 112 Å². The van der Waals surface area contributed by atoms with Gasteiger partial charge in [0, 0.05) is 25.6 Å². The number of carbonyl (C=O) groups excluding carboxylic acids is 1. The van der Waals surface area contributed by atoms with Gasteiger partial charge in [0.2, 0.25) is 5.91 Å². The molecule has 0 spiro atoms. The van der Waals surface area contributed by atoms with Crippen LogP contribution in [-0.2, 0) is 11.2 Å². The topological polar surface area (TPSA) is 89.8 Å². The summed E-state index contributed by atoms with van der Waals surface area (Å²) in [4.78, 5) is 11.6. The maximum Gasteiger partial charge on any atom is 0.220 e. The van der Waals surface area contributed by atoms with E-state index in [-0.39, 0.29) is 36.4 Å². The second-order valence-corrected chi connectivity index (χ2v) is 4.62. The highest BCUT2D eigenvalue weighted by atomic mass is 16.3. The second kappa shape index (κ2) is 7.63. The molecule has 0 heterocycles. The first-order valence-corrected chi connectivity index (χ1v) is 6.45. The number of amides is 1. The van der Waals surface area contributed by atoms with E-state index in [9.17, 15) is 20.1 Å². The van der Waals surface area contributed by atoms with Crippen molar-refractivity contribution in [3.8, 4) is 11.5 Å². The molecule has 0 aliphatic heterocycles. The Hall–Kier alpha value is -1.75. The van der Waals surface area contributed by atoms with Crippen LogP contribution in [0, 0.1) is 5.92 Å². The van der Waals surface area contributed by atoms with Crippen molar-refractivity contribution in [2.45, 2.75) is 26.2 Å². The number of carbonyl (C=O) groups is 1.